The number of benzene rings is 4. The van der Waals surface area contributed by atoms with Crippen molar-refractivity contribution >= 4 is 49.1 Å². The van der Waals surface area contributed by atoms with Crippen LogP contribution in [0.5, 0.6) is 5.75 Å². The minimum Gasteiger partial charge on any atom is -0.506 e. The van der Waals surface area contributed by atoms with Crippen molar-refractivity contribution in [3.8, 4) is 5.75 Å². The molecular formula is C26H17F3N2O3S2. The van der Waals surface area contributed by atoms with Gasteiger partial charge in [-0.05, 0) is 36.4 Å². The Morgan fingerprint density at radius 1 is 0.833 bits per heavy atom. The van der Waals surface area contributed by atoms with E-state index in [1.165, 1.54) is 17.8 Å². The van der Waals surface area contributed by atoms with Crippen molar-refractivity contribution in [3.05, 3.63) is 96.7 Å². The first-order valence-corrected chi connectivity index (χ1v) is 12.9. The number of hydrogen-bond donors (Lipinski definition) is 2. The molecule has 0 saturated carbocycles. The predicted octanol–water partition coefficient (Wildman–Crippen LogP) is 7.06. The molecule has 182 valence electrons. The van der Waals surface area contributed by atoms with E-state index in [1.807, 2.05) is 30.3 Å². The molecule has 36 heavy (non-hydrogen) atoms. The van der Waals surface area contributed by atoms with E-state index < -0.39 is 26.7 Å². The van der Waals surface area contributed by atoms with E-state index in [4.69, 9.17) is 0 Å². The first kappa shape index (κ1) is 24.0. The van der Waals surface area contributed by atoms with E-state index in [2.05, 4.69) is 9.71 Å². The van der Waals surface area contributed by atoms with Gasteiger partial charge in [-0.25, -0.2) is 8.42 Å². The summed E-state index contributed by atoms with van der Waals surface area (Å²) < 4.78 is 68.1. The van der Waals surface area contributed by atoms with Crippen molar-refractivity contribution in [1.29, 1.82) is 0 Å². The Balaban J connectivity index is 1.61. The predicted molar refractivity (Wildman–Crippen MR) is 134 cm³/mol. The number of halogens is 3. The standard InChI is InChI=1S/C26H17F3N2O3S2/c27-26(28,29)17-8-4-9-18(14-17)36(33,34)31-21-15-23(25(32)20-11-2-1-10-19(20)21)35-22-12-3-6-16-7-5-13-30-24(16)22/h1-15,31-32H. The van der Waals surface area contributed by atoms with Crippen LogP contribution in [0.1, 0.15) is 5.56 Å². The average Bonchev–Trinajstić information content (AvgIpc) is 2.86. The highest BCUT2D eigenvalue weighted by Gasteiger charge is 2.32. The number of fused-ring (bicyclic) bond motifs is 2. The Labute approximate surface area is 208 Å². The van der Waals surface area contributed by atoms with E-state index in [9.17, 15) is 26.7 Å². The third kappa shape index (κ3) is 4.57. The van der Waals surface area contributed by atoms with Gasteiger partial charge in [0.25, 0.3) is 10.0 Å². The number of pyridine rings is 1. The highest BCUT2D eigenvalue weighted by Crippen LogP contribution is 2.44. The monoisotopic (exact) mass is 526 g/mol. The average molecular weight is 527 g/mol. The van der Waals surface area contributed by atoms with Crippen LogP contribution in [0.4, 0.5) is 18.9 Å². The van der Waals surface area contributed by atoms with Crippen LogP contribution in [0, 0.1) is 0 Å². The van der Waals surface area contributed by atoms with Crippen molar-refractivity contribution < 1.29 is 26.7 Å². The zero-order chi connectivity index (χ0) is 25.5. The maximum absolute atomic E-state index is 13.2. The van der Waals surface area contributed by atoms with Crippen molar-refractivity contribution in [2.75, 3.05) is 4.72 Å². The van der Waals surface area contributed by atoms with Crippen LogP contribution in [0.3, 0.4) is 0 Å². The molecule has 0 bridgehead atoms. The molecule has 1 heterocycles. The summed E-state index contributed by atoms with van der Waals surface area (Å²) in [7, 11) is -4.38. The zero-order valence-corrected chi connectivity index (χ0v) is 20.0. The molecule has 0 saturated heterocycles. The molecule has 0 fully saturated rings. The van der Waals surface area contributed by atoms with Gasteiger partial charge in [0.2, 0.25) is 0 Å². The fourth-order valence-electron chi connectivity index (χ4n) is 3.82. The molecule has 5 rings (SSSR count). The normalized spacial score (nSPS) is 12.2. The molecule has 0 radical (unpaired) electrons. The lowest BCUT2D eigenvalue weighted by Gasteiger charge is -2.16. The number of phenolic OH excluding ortho intramolecular Hbond substituents is 1. The molecule has 10 heteroatoms. The lowest BCUT2D eigenvalue weighted by molar-refractivity contribution is -0.137. The third-order valence-corrected chi connectivity index (χ3v) is 7.96. The topological polar surface area (TPSA) is 79.3 Å². The van der Waals surface area contributed by atoms with Gasteiger partial charge in [0, 0.05) is 27.3 Å². The van der Waals surface area contributed by atoms with Gasteiger partial charge in [0.05, 0.1) is 26.6 Å². The summed E-state index contributed by atoms with van der Waals surface area (Å²) in [6.07, 6.45) is -3.03. The number of anilines is 1. The molecule has 1 aromatic heterocycles. The van der Waals surface area contributed by atoms with E-state index in [0.717, 1.165) is 28.5 Å². The second kappa shape index (κ2) is 9.03. The van der Waals surface area contributed by atoms with Gasteiger partial charge in [-0.3, -0.25) is 9.71 Å². The minimum absolute atomic E-state index is 0.0504. The molecule has 0 aliphatic carbocycles. The van der Waals surface area contributed by atoms with Gasteiger partial charge < -0.3 is 5.11 Å². The maximum Gasteiger partial charge on any atom is 0.416 e. The summed E-state index contributed by atoms with van der Waals surface area (Å²) in [5.41, 5.74) is -0.235. The SMILES string of the molecule is O=S(=O)(Nc1cc(Sc2cccc3cccnc23)c(O)c2ccccc12)c1cccc(C(F)(F)F)c1. The smallest absolute Gasteiger partial charge is 0.416 e. The number of alkyl halides is 3. The van der Waals surface area contributed by atoms with Gasteiger partial charge >= 0.3 is 6.18 Å². The van der Waals surface area contributed by atoms with Crippen molar-refractivity contribution in [3.63, 3.8) is 0 Å². The Bertz CT molecular complexity index is 1720. The lowest BCUT2D eigenvalue weighted by Crippen LogP contribution is -2.15. The molecule has 2 N–H and O–H groups in total. The fourth-order valence-corrected chi connectivity index (χ4v) is 5.97. The summed E-state index contributed by atoms with van der Waals surface area (Å²) in [5.74, 6) is -0.0504. The summed E-state index contributed by atoms with van der Waals surface area (Å²) in [6, 6.07) is 20.9. The molecule has 5 aromatic rings. The fraction of sp³-hybridized carbons (Fsp3) is 0.0385. The number of aromatic hydroxyl groups is 1. The quantitative estimate of drug-likeness (QED) is 0.240. The third-order valence-electron chi connectivity index (χ3n) is 5.51. The summed E-state index contributed by atoms with van der Waals surface area (Å²) in [4.78, 5) is 4.98. The molecule has 5 nitrogen and oxygen atoms in total. The van der Waals surface area contributed by atoms with Crippen LogP contribution in [0.15, 0.2) is 106 Å². The number of sulfonamides is 1. The molecule has 0 atom stereocenters. The number of phenols is 1. The van der Waals surface area contributed by atoms with Crippen LogP contribution in [-0.2, 0) is 16.2 Å². The van der Waals surface area contributed by atoms with E-state index in [1.54, 1.807) is 30.5 Å². The Hall–Kier alpha value is -3.76. The number of aromatic nitrogens is 1. The highest BCUT2D eigenvalue weighted by atomic mass is 32.2. The van der Waals surface area contributed by atoms with Crippen LogP contribution in [0.2, 0.25) is 0 Å². The van der Waals surface area contributed by atoms with Crippen LogP contribution >= 0.6 is 11.8 Å². The summed E-state index contributed by atoms with van der Waals surface area (Å²) in [6.45, 7) is 0. The summed E-state index contributed by atoms with van der Waals surface area (Å²) >= 11 is 1.20. The second-order valence-corrected chi connectivity index (χ2v) is 10.6. The maximum atomic E-state index is 13.2. The van der Waals surface area contributed by atoms with Gasteiger partial charge in [0.1, 0.15) is 5.75 Å². The number of nitrogens with one attached hydrogen (secondary N) is 1. The molecule has 4 aromatic carbocycles. The molecule has 0 unspecified atom stereocenters. The molecule has 0 aliphatic heterocycles. The summed E-state index contributed by atoms with van der Waals surface area (Å²) in [5, 5.41) is 12.7. The van der Waals surface area contributed by atoms with Gasteiger partial charge in [0.15, 0.2) is 0 Å². The van der Waals surface area contributed by atoms with E-state index >= 15 is 0 Å². The Kier molecular flexibility index (Phi) is 6.01. The van der Waals surface area contributed by atoms with Gasteiger partial charge in [-0.15, -0.1) is 0 Å². The van der Waals surface area contributed by atoms with Crippen molar-refractivity contribution in [1.82, 2.24) is 4.98 Å². The Morgan fingerprint density at radius 3 is 2.33 bits per heavy atom. The van der Waals surface area contributed by atoms with Gasteiger partial charge in [-0.2, -0.15) is 13.2 Å². The van der Waals surface area contributed by atoms with Crippen LogP contribution < -0.4 is 4.72 Å². The molecule has 0 aliphatic rings. The number of para-hydroxylation sites is 1. The first-order chi connectivity index (χ1) is 17.1. The number of rotatable bonds is 5. The first-order valence-electron chi connectivity index (χ1n) is 10.6. The zero-order valence-electron chi connectivity index (χ0n) is 18.3. The Morgan fingerprint density at radius 2 is 1.56 bits per heavy atom. The van der Waals surface area contributed by atoms with Crippen molar-refractivity contribution in [2.24, 2.45) is 0 Å². The molecule has 0 spiro atoms. The second-order valence-electron chi connectivity index (χ2n) is 7.88. The lowest BCUT2D eigenvalue weighted by atomic mass is 10.1. The minimum atomic E-state index is -4.69. The molecular weight excluding hydrogens is 509 g/mol. The number of hydrogen-bond acceptors (Lipinski definition) is 5. The van der Waals surface area contributed by atoms with E-state index in [0.29, 0.717) is 27.3 Å². The van der Waals surface area contributed by atoms with Crippen molar-refractivity contribution in [2.45, 2.75) is 20.9 Å². The van der Waals surface area contributed by atoms with Crippen LogP contribution in [0.25, 0.3) is 21.7 Å². The number of nitrogens with zero attached hydrogens (tertiary/aromatic N) is 1. The van der Waals surface area contributed by atoms with E-state index in [-0.39, 0.29) is 11.4 Å². The largest absolute Gasteiger partial charge is 0.506 e. The van der Waals surface area contributed by atoms with Gasteiger partial charge in [-0.1, -0.05) is 60.3 Å². The molecule has 0 amide bonds. The van der Waals surface area contributed by atoms with Crippen LogP contribution in [-0.4, -0.2) is 18.5 Å². The highest BCUT2D eigenvalue weighted by molar-refractivity contribution is 7.99.